The van der Waals surface area contributed by atoms with Crippen LogP contribution in [0.5, 0.6) is 11.5 Å². The molecular weight excluding hydrogens is 613 g/mol. The van der Waals surface area contributed by atoms with Crippen LogP contribution in [-0.2, 0) is 11.0 Å². The summed E-state index contributed by atoms with van der Waals surface area (Å²) in [7, 11) is 0. The van der Waals surface area contributed by atoms with Gasteiger partial charge in [-0.05, 0) is 79.1 Å². The number of halogens is 6. The quantitative estimate of drug-likeness (QED) is 0.0673. The molecule has 44 heavy (non-hydrogen) atoms. The number of benzene rings is 4. The fourth-order valence-electron chi connectivity index (χ4n) is 4.58. The second kappa shape index (κ2) is 11.2. The molecule has 226 valence electrons. The Hall–Kier alpha value is -5.17. The molecule has 0 saturated heterocycles. The number of nitrogens with one attached hydrogen (secondary N) is 1. The van der Waals surface area contributed by atoms with E-state index in [9.17, 15) is 32.3 Å². The lowest BCUT2D eigenvalue weighted by atomic mass is 10.0. The van der Waals surface area contributed by atoms with Gasteiger partial charge in [0.05, 0.1) is 16.8 Å². The normalized spacial score (nSPS) is 13.8. The maximum atomic E-state index is 15.3. The highest BCUT2D eigenvalue weighted by Gasteiger charge is 2.41. The van der Waals surface area contributed by atoms with Crippen molar-refractivity contribution in [2.24, 2.45) is 5.10 Å². The summed E-state index contributed by atoms with van der Waals surface area (Å²) < 4.78 is 74.6. The first-order valence-corrected chi connectivity index (χ1v) is 12.9. The number of phenolic OH excluding ortho intramolecular Hbond substituents is 1. The van der Waals surface area contributed by atoms with Crippen LogP contribution in [0.15, 0.2) is 65.8 Å². The minimum Gasteiger partial charge on any atom is -0.505 e. The zero-order valence-corrected chi connectivity index (χ0v) is 23.3. The summed E-state index contributed by atoms with van der Waals surface area (Å²) in [5.74, 6) is -4.51. The molecule has 14 heteroatoms. The molecule has 1 amide bonds. The maximum Gasteiger partial charge on any atom is 0.511 e. The van der Waals surface area contributed by atoms with E-state index in [0.29, 0.717) is 6.07 Å². The number of amides is 1. The average molecular weight is 632 g/mol. The Morgan fingerprint density at radius 3 is 2.36 bits per heavy atom. The number of carboxylic acid groups (broad SMARTS) is 1. The molecule has 1 heterocycles. The van der Waals surface area contributed by atoms with Gasteiger partial charge < -0.3 is 14.9 Å². The van der Waals surface area contributed by atoms with E-state index in [1.807, 2.05) is 0 Å². The van der Waals surface area contributed by atoms with Crippen LogP contribution in [0.4, 0.5) is 43.8 Å². The SMILES string of the molecule is Cc1ccc(N2C(=O)C(=NNc3cc(Cl)cc(-c4ccc(F)c(OC(=O)O)c4)c3O)c3c(F)cc(C(F)(F)F)cc32)cc1C. The van der Waals surface area contributed by atoms with Crippen LogP contribution in [0.1, 0.15) is 22.3 Å². The molecule has 8 nitrogen and oxygen atoms in total. The predicted molar refractivity (Wildman–Crippen MR) is 152 cm³/mol. The van der Waals surface area contributed by atoms with E-state index < -0.39 is 58.2 Å². The van der Waals surface area contributed by atoms with Gasteiger partial charge in [-0.2, -0.15) is 18.3 Å². The van der Waals surface area contributed by atoms with Crippen LogP contribution in [-0.4, -0.2) is 28.0 Å². The van der Waals surface area contributed by atoms with Gasteiger partial charge in [0.25, 0.3) is 5.91 Å². The van der Waals surface area contributed by atoms with E-state index in [2.05, 4.69) is 15.3 Å². The first kappa shape index (κ1) is 30.3. The van der Waals surface area contributed by atoms with Crippen molar-refractivity contribution in [2.75, 3.05) is 10.3 Å². The summed E-state index contributed by atoms with van der Waals surface area (Å²) in [6.07, 6.45) is -6.69. The number of hydrazone groups is 1. The van der Waals surface area contributed by atoms with Crippen LogP contribution in [0, 0.1) is 25.5 Å². The van der Waals surface area contributed by atoms with E-state index in [1.54, 1.807) is 26.0 Å². The molecule has 0 fully saturated rings. The Labute approximate surface area is 250 Å². The molecule has 0 unspecified atom stereocenters. The standard InChI is InChI=1S/C30H19ClF5N3O5/c1-13-3-5-18(7-14(13)2)39-23-10-16(30(34,35)36)9-21(33)25(23)26(28(39)41)38-37-22-12-17(31)11-19(27(22)40)15-4-6-20(32)24(8-15)44-29(42)43/h3-12,37,40H,1-2H3,(H,42,43). The number of fused-ring (bicyclic) bond motifs is 1. The van der Waals surface area contributed by atoms with Crippen LogP contribution < -0.4 is 15.1 Å². The van der Waals surface area contributed by atoms with Crippen molar-refractivity contribution >= 4 is 46.4 Å². The number of ether oxygens (including phenoxy) is 1. The number of carbonyl (C=O) groups is 2. The first-order valence-electron chi connectivity index (χ1n) is 12.6. The summed E-state index contributed by atoms with van der Waals surface area (Å²) in [5.41, 5.74) is 1.17. The second-order valence-corrected chi connectivity index (χ2v) is 10.1. The molecule has 1 aliphatic heterocycles. The summed E-state index contributed by atoms with van der Waals surface area (Å²) >= 11 is 6.21. The number of nitrogens with zero attached hydrogens (tertiary/aromatic N) is 2. The summed E-state index contributed by atoms with van der Waals surface area (Å²) in [4.78, 5) is 25.4. The van der Waals surface area contributed by atoms with Gasteiger partial charge >= 0.3 is 12.3 Å². The van der Waals surface area contributed by atoms with E-state index in [4.69, 9.17) is 16.7 Å². The molecule has 1 aliphatic rings. The van der Waals surface area contributed by atoms with E-state index in [0.717, 1.165) is 28.2 Å². The van der Waals surface area contributed by atoms with Crippen LogP contribution in [0.2, 0.25) is 5.02 Å². The van der Waals surface area contributed by atoms with E-state index in [-0.39, 0.29) is 39.3 Å². The van der Waals surface area contributed by atoms with Crippen molar-refractivity contribution in [1.82, 2.24) is 0 Å². The number of phenols is 1. The third kappa shape index (κ3) is 5.61. The Morgan fingerprint density at radius 1 is 0.977 bits per heavy atom. The van der Waals surface area contributed by atoms with Crippen molar-refractivity contribution in [3.8, 4) is 22.6 Å². The third-order valence-electron chi connectivity index (χ3n) is 6.83. The second-order valence-electron chi connectivity index (χ2n) is 9.69. The molecule has 0 atom stereocenters. The summed E-state index contributed by atoms with van der Waals surface area (Å²) in [5, 5.41) is 23.8. The monoisotopic (exact) mass is 631 g/mol. The molecule has 0 aromatic heterocycles. The number of aromatic hydroxyl groups is 1. The Bertz CT molecular complexity index is 1890. The zero-order chi connectivity index (χ0) is 32.1. The number of carbonyl (C=O) groups excluding carboxylic acids is 1. The van der Waals surface area contributed by atoms with Crippen LogP contribution in [0.3, 0.4) is 0 Å². The molecule has 5 rings (SSSR count). The smallest absolute Gasteiger partial charge is 0.505 e. The molecule has 0 radical (unpaired) electrons. The minimum absolute atomic E-state index is 0.00133. The lowest BCUT2D eigenvalue weighted by Gasteiger charge is -2.19. The topological polar surface area (TPSA) is 111 Å². The van der Waals surface area contributed by atoms with Crippen LogP contribution in [0.25, 0.3) is 11.1 Å². The maximum absolute atomic E-state index is 15.3. The molecular formula is C30H19ClF5N3O5. The van der Waals surface area contributed by atoms with Crippen molar-refractivity contribution < 1.29 is 46.5 Å². The highest BCUT2D eigenvalue weighted by atomic mass is 35.5. The minimum atomic E-state index is -4.91. The lowest BCUT2D eigenvalue weighted by Crippen LogP contribution is -2.26. The number of hydrogen-bond acceptors (Lipinski definition) is 6. The van der Waals surface area contributed by atoms with Crippen LogP contribution >= 0.6 is 11.6 Å². The molecule has 4 aromatic rings. The molecule has 3 N–H and O–H groups in total. The number of anilines is 3. The largest absolute Gasteiger partial charge is 0.511 e. The fourth-order valence-corrected chi connectivity index (χ4v) is 4.80. The predicted octanol–water partition coefficient (Wildman–Crippen LogP) is 8.18. The number of rotatable bonds is 5. The van der Waals surface area contributed by atoms with Gasteiger partial charge in [0.1, 0.15) is 17.3 Å². The zero-order valence-electron chi connectivity index (χ0n) is 22.6. The lowest BCUT2D eigenvalue weighted by molar-refractivity contribution is -0.137. The van der Waals surface area contributed by atoms with E-state index >= 15 is 4.39 Å². The van der Waals surface area contributed by atoms with Gasteiger partial charge in [-0.15, -0.1) is 0 Å². The van der Waals surface area contributed by atoms with Gasteiger partial charge in [0.2, 0.25) is 0 Å². The average Bonchev–Trinajstić information content (AvgIpc) is 3.22. The molecule has 0 saturated carbocycles. The highest BCUT2D eigenvalue weighted by Crippen LogP contribution is 2.43. The number of alkyl halides is 3. The molecule has 0 spiro atoms. The highest BCUT2D eigenvalue weighted by molar-refractivity contribution is 6.55. The molecule has 0 bridgehead atoms. The fraction of sp³-hybridized carbons (Fsp3) is 0.100. The van der Waals surface area contributed by atoms with Crippen molar-refractivity contribution in [3.63, 3.8) is 0 Å². The Balaban J connectivity index is 1.61. The first-order chi connectivity index (χ1) is 20.6. The number of hydrogen-bond donors (Lipinski definition) is 3. The molecule has 0 aliphatic carbocycles. The summed E-state index contributed by atoms with van der Waals surface area (Å²) in [6.45, 7) is 3.54. The Kier molecular flexibility index (Phi) is 7.68. The van der Waals surface area contributed by atoms with Gasteiger partial charge in [-0.1, -0.05) is 23.7 Å². The van der Waals surface area contributed by atoms with Gasteiger partial charge in [0, 0.05) is 16.3 Å². The van der Waals surface area contributed by atoms with Gasteiger partial charge in [-0.3, -0.25) is 15.1 Å². The third-order valence-corrected chi connectivity index (χ3v) is 7.05. The van der Waals surface area contributed by atoms with Crippen molar-refractivity contribution in [3.05, 3.63) is 99.6 Å². The van der Waals surface area contributed by atoms with E-state index in [1.165, 1.54) is 24.3 Å². The van der Waals surface area contributed by atoms with Crippen molar-refractivity contribution in [1.29, 1.82) is 0 Å². The summed E-state index contributed by atoms with van der Waals surface area (Å²) in [6, 6.07) is 11.2. The number of aryl methyl sites for hydroxylation is 2. The molecule has 4 aromatic carbocycles. The van der Waals surface area contributed by atoms with Gasteiger partial charge in [0.15, 0.2) is 17.3 Å². The van der Waals surface area contributed by atoms with Crippen molar-refractivity contribution in [2.45, 2.75) is 20.0 Å². The van der Waals surface area contributed by atoms with Gasteiger partial charge in [-0.25, -0.2) is 13.6 Å². The Morgan fingerprint density at radius 2 is 1.70 bits per heavy atom.